The zero-order valence-corrected chi connectivity index (χ0v) is 17.4. The predicted molar refractivity (Wildman–Crippen MR) is 111 cm³/mol. The smallest absolute Gasteiger partial charge is 0.338 e. The molecule has 0 unspecified atom stereocenters. The summed E-state index contributed by atoms with van der Waals surface area (Å²) in [7, 11) is 0. The summed E-state index contributed by atoms with van der Waals surface area (Å²) in [5, 5.41) is 0. The molecule has 1 fully saturated rings. The van der Waals surface area contributed by atoms with Gasteiger partial charge in [0, 0.05) is 6.61 Å². The number of ether oxygens (including phenoxy) is 2. The monoisotopic (exact) mass is 455 g/mol. The molecule has 10 heteroatoms. The van der Waals surface area contributed by atoms with Crippen LogP contribution in [0.4, 0.5) is 8.78 Å². The van der Waals surface area contributed by atoms with Gasteiger partial charge < -0.3 is 9.47 Å². The van der Waals surface area contributed by atoms with Crippen molar-refractivity contribution >= 4 is 28.8 Å². The summed E-state index contributed by atoms with van der Waals surface area (Å²) < 4.78 is 38.5. The van der Waals surface area contributed by atoms with Crippen LogP contribution in [0.5, 0.6) is 0 Å². The van der Waals surface area contributed by atoms with Gasteiger partial charge >= 0.3 is 12.5 Å². The van der Waals surface area contributed by atoms with Crippen LogP contribution >= 0.6 is 0 Å². The van der Waals surface area contributed by atoms with Crippen LogP contribution in [0.1, 0.15) is 56.3 Å². The van der Waals surface area contributed by atoms with E-state index in [2.05, 4.69) is 4.98 Å². The molecule has 33 heavy (non-hydrogen) atoms. The van der Waals surface area contributed by atoms with Crippen molar-refractivity contribution < 1.29 is 32.6 Å². The number of rotatable bonds is 6. The second kappa shape index (κ2) is 8.36. The third kappa shape index (κ3) is 3.76. The molecule has 0 N–H and O–H groups in total. The quantitative estimate of drug-likeness (QED) is 0.417. The van der Waals surface area contributed by atoms with E-state index >= 15 is 0 Å². The summed E-state index contributed by atoms with van der Waals surface area (Å²) in [5.41, 5.74) is 0.929. The highest BCUT2D eigenvalue weighted by Gasteiger charge is 2.38. The van der Waals surface area contributed by atoms with Gasteiger partial charge in [-0.15, -0.1) is 0 Å². The molecular weight excluding hydrogens is 436 g/mol. The van der Waals surface area contributed by atoms with E-state index in [1.807, 2.05) is 0 Å². The van der Waals surface area contributed by atoms with E-state index in [9.17, 15) is 23.2 Å². The lowest BCUT2D eigenvalue weighted by Gasteiger charge is -2.17. The summed E-state index contributed by atoms with van der Waals surface area (Å²) in [6, 6.07) is 10.4. The Morgan fingerprint density at radius 2 is 1.94 bits per heavy atom. The summed E-state index contributed by atoms with van der Waals surface area (Å²) in [6.07, 6.45) is 1.46. The number of carbonyl (C=O) groups excluding carboxylic acids is 3. The largest absolute Gasteiger partial charge is 0.454 e. The Morgan fingerprint density at radius 1 is 1.15 bits per heavy atom. The SMILES string of the molecule is O=C(OCc1nc2ccccc2n1C(F)F)c1ccc2c(c1)C(=O)N(C[C@@H]1CCCO1)C2=O. The Labute approximate surface area is 186 Å². The molecule has 3 aromatic rings. The number of para-hydroxylation sites is 2. The van der Waals surface area contributed by atoms with Crippen LogP contribution in [0.2, 0.25) is 0 Å². The molecule has 5 rings (SSSR count). The summed E-state index contributed by atoms with van der Waals surface area (Å²) >= 11 is 0. The summed E-state index contributed by atoms with van der Waals surface area (Å²) in [6.45, 7) is -2.57. The Hall–Kier alpha value is -3.66. The highest BCUT2D eigenvalue weighted by atomic mass is 19.3. The van der Waals surface area contributed by atoms with Crippen molar-refractivity contribution in [2.75, 3.05) is 13.2 Å². The number of carbonyl (C=O) groups is 3. The van der Waals surface area contributed by atoms with Crippen LogP contribution in [0.3, 0.4) is 0 Å². The van der Waals surface area contributed by atoms with Crippen molar-refractivity contribution in [2.24, 2.45) is 0 Å². The third-order valence-corrected chi connectivity index (χ3v) is 5.81. The number of esters is 1. The van der Waals surface area contributed by atoms with Gasteiger partial charge in [0.25, 0.3) is 11.8 Å². The van der Waals surface area contributed by atoms with Gasteiger partial charge in [-0.2, -0.15) is 8.78 Å². The van der Waals surface area contributed by atoms with Crippen molar-refractivity contribution in [3.8, 4) is 0 Å². The molecule has 2 amide bonds. The van der Waals surface area contributed by atoms with Gasteiger partial charge in [0.2, 0.25) is 0 Å². The topological polar surface area (TPSA) is 90.7 Å². The maximum atomic E-state index is 13.5. The first-order valence-electron chi connectivity index (χ1n) is 10.5. The molecule has 8 nitrogen and oxygen atoms in total. The van der Waals surface area contributed by atoms with Crippen LogP contribution in [0.25, 0.3) is 11.0 Å². The summed E-state index contributed by atoms with van der Waals surface area (Å²) in [4.78, 5) is 43.2. The van der Waals surface area contributed by atoms with Crippen molar-refractivity contribution in [3.63, 3.8) is 0 Å². The maximum Gasteiger partial charge on any atom is 0.338 e. The molecule has 0 saturated carbocycles. The van der Waals surface area contributed by atoms with Gasteiger partial charge in [-0.3, -0.25) is 19.1 Å². The molecule has 2 aliphatic rings. The van der Waals surface area contributed by atoms with E-state index in [0.29, 0.717) is 16.7 Å². The molecule has 0 bridgehead atoms. The van der Waals surface area contributed by atoms with E-state index in [1.165, 1.54) is 24.3 Å². The molecule has 2 aromatic carbocycles. The van der Waals surface area contributed by atoms with E-state index in [0.717, 1.165) is 17.7 Å². The second-order valence-electron chi connectivity index (χ2n) is 7.86. The number of halogens is 2. The number of hydrogen-bond acceptors (Lipinski definition) is 6. The number of imidazole rings is 1. The number of imide groups is 1. The Bertz CT molecular complexity index is 1270. The van der Waals surface area contributed by atoms with Crippen molar-refractivity contribution in [1.82, 2.24) is 14.5 Å². The minimum Gasteiger partial charge on any atom is -0.454 e. The zero-order valence-electron chi connectivity index (χ0n) is 17.4. The number of alkyl halides is 2. The van der Waals surface area contributed by atoms with Crippen LogP contribution < -0.4 is 0 Å². The first-order chi connectivity index (χ1) is 15.9. The van der Waals surface area contributed by atoms with Gasteiger partial charge in [-0.25, -0.2) is 9.78 Å². The average Bonchev–Trinajstić information content (AvgIpc) is 3.51. The highest BCUT2D eigenvalue weighted by Crippen LogP contribution is 2.27. The van der Waals surface area contributed by atoms with Crippen LogP contribution in [0.15, 0.2) is 42.5 Å². The van der Waals surface area contributed by atoms with E-state index in [-0.39, 0.29) is 40.7 Å². The number of fused-ring (bicyclic) bond motifs is 2. The molecule has 1 aromatic heterocycles. The zero-order chi connectivity index (χ0) is 23.1. The van der Waals surface area contributed by atoms with Crippen LogP contribution in [-0.2, 0) is 16.1 Å². The molecule has 0 radical (unpaired) electrons. The number of aromatic nitrogens is 2. The Morgan fingerprint density at radius 3 is 2.70 bits per heavy atom. The normalized spacial score (nSPS) is 17.9. The standard InChI is InChI=1S/C23H19F2N3O5/c24-23(25)28-18-6-2-1-5-17(18)26-19(28)12-33-22(31)13-7-8-15-16(10-13)21(30)27(20(15)29)11-14-4-3-9-32-14/h1-2,5-8,10,14,23H,3-4,9,11-12H2/t14-/m0/s1. The van der Waals surface area contributed by atoms with E-state index in [1.54, 1.807) is 18.2 Å². The Kier molecular flexibility index (Phi) is 5.37. The van der Waals surface area contributed by atoms with E-state index < -0.39 is 30.9 Å². The van der Waals surface area contributed by atoms with Crippen molar-refractivity contribution in [2.45, 2.75) is 32.1 Å². The molecule has 1 saturated heterocycles. The fourth-order valence-corrected chi connectivity index (χ4v) is 4.20. The lowest BCUT2D eigenvalue weighted by atomic mass is 10.1. The fraction of sp³-hybridized carbons (Fsp3) is 0.304. The van der Waals surface area contributed by atoms with Crippen molar-refractivity contribution in [1.29, 1.82) is 0 Å². The lowest BCUT2D eigenvalue weighted by Crippen LogP contribution is -2.36. The minimum absolute atomic E-state index is 0.0357. The van der Waals surface area contributed by atoms with Crippen LogP contribution in [0, 0.1) is 0 Å². The van der Waals surface area contributed by atoms with Gasteiger partial charge in [0.1, 0.15) is 6.61 Å². The molecular formula is C23H19F2N3O5. The van der Waals surface area contributed by atoms with E-state index in [4.69, 9.17) is 9.47 Å². The highest BCUT2D eigenvalue weighted by molar-refractivity contribution is 6.22. The lowest BCUT2D eigenvalue weighted by molar-refractivity contribution is 0.0387. The number of nitrogens with zero attached hydrogens (tertiary/aromatic N) is 3. The van der Waals surface area contributed by atoms with Crippen LogP contribution in [-0.4, -0.2) is 51.5 Å². The Balaban J connectivity index is 1.33. The molecule has 170 valence electrons. The molecule has 0 aliphatic carbocycles. The third-order valence-electron chi connectivity index (χ3n) is 5.81. The first kappa shape index (κ1) is 21.2. The van der Waals surface area contributed by atoms with Gasteiger partial charge in [0.05, 0.1) is 40.4 Å². The number of amides is 2. The molecule has 2 aliphatic heterocycles. The second-order valence-corrected chi connectivity index (χ2v) is 7.86. The number of benzene rings is 2. The molecule has 3 heterocycles. The predicted octanol–water partition coefficient (Wildman–Crippen LogP) is 3.56. The fourth-order valence-electron chi connectivity index (χ4n) is 4.20. The maximum absolute atomic E-state index is 13.5. The summed E-state index contributed by atoms with van der Waals surface area (Å²) in [5.74, 6) is -1.85. The molecule has 1 atom stereocenters. The van der Waals surface area contributed by atoms with Gasteiger partial charge in [0.15, 0.2) is 5.82 Å². The van der Waals surface area contributed by atoms with Gasteiger partial charge in [-0.05, 0) is 43.2 Å². The molecule has 0 spiro atoms. The average molecular weight is 455 g/mol. The van der Waals surface area contributed by atoms with Gasteiger partial charge in [-0.1, -0.05) is 12.1 Å². The first-order valence-corrected chi connectivity index (χ1v) is 10.5. The van der Waals surface area contributed by atoms with Crippen molar-refractivity contribution in [3.05, 3.63) is 65.0 Å². The minimum atomic E-state index is -2.86. The number of hydrogen-bond donors (Lipinski definition) is 0.